The predicted octanol–water partition coefficient (Wildman–Crippen LogP) is 2.66. The summed E-state index contributed by atoms with van der Waals surface area (Å²) in [5, 5.41) is 14.7. The van der Waals surface area contributed by atoms with E-state index in [0.717, 1.165) is 55.1 Å². The molecule has 0 aliphatic carbocycles. The maximum absolute atomic E-state index is 12.0. The smallest absolute Gasteiger partial charge is 0.325 e. The first-order chi connectivity index (χ1) is 19.0. The number of nitrogens with zero attached hydrogens (tertiary/aromatic N) is 1. The lowest BCUT2D eigenvalue weighted by Crippen LogP contribution is -2.47. The van der Waals surface area contributed by atoms with E-state index in [1.165, 1.54) is 0 Å². The summed E-state index contributed by atoms with van der Waals surface area (Å²) in [6.45, 7) is 8.27. The van der Waals surface area contributed by atoms with Gasteiger partial charge in [-0.05, 0) is 23.6 Å². The number of hydrogen-bond acceptors (Lipinski definition) is 8. The van der Waals surface area contributed by atoms with Crippen molar-refractivity contribution in [1.82, 2.24) is 15.5 Å². The summed E-state index contributed by atoms with van der Waals surface area (Å²) in [4.78, 5) is 25.8. The van der Waals surface area contributed by atoms with Gasteiger partial charge in [0.05, 0.1) is 38.6 Å². The molecule has 0 radical (unpaired) electrons. The summed E-state index contributed by atoms with van der Waals surface area (Å²) in [6.07, 6.45) is -0.773. The number of benzene rings is 2. The molecule has 0 spiro atoms. The summed E-state index contributed by atoms with van der Waals surface area (Å²) in [5.41, 5.74) is 3.70. The molecule has 2 aromatic carbocycles. The van der Waals surface area contributed by atoms with Crippen LogP contribution in [0.3, 0.4) is 0 Å². The molecule has 10 nitrogen and oxygen atoms in total. The maximum Gasteiger partial charge on any atom is 0.325 e. The number of aliphatic hydroxyl groups is 1. The van der Waals surface area contributed by atoms with Crippen molar-refractivity contribution in [1.29, 1.82) is 0 Å². The van der Waals surface area contributed by atoms with E-state index < -0.39 is 18.3 Å². The van der Waals surface area contributed by atoms with Crippen LogP contribution in [0, 0.1) is 5.92 Å². The van der Waals surface area contributed by atoms with Crippen molar-refractivity contribution >= 4 is 12.0 Å². The molecule has 2 amide bonds. The molecule has 2 heterocycles. The fourth-order valence-electron chi connectivity index (χ4n) is 4.77. The van der Waals surface area contributed by atoms with Crippen LogP contribution in [0.1, 0.15) is 48.5 Å². The summed E-state index contributed by atoms with van der Waals surface area (Å²) < 4.78 is 23.4. The van der Waals surface area contributed by atoms with E-state index in [1.807, 2.05) is 48.5 Å². The van der Waals surface area contributed by atoms with Gasteiger partial charge in [0.15, 0.2) is 6.29 Å². The lowest BCUT2D eigenvalue weighted by Gasteiger charge is -2.43. The number of amides is 2. The highest BCUT2D eigenvalue weighted by Crippen LogP contribution is 2.41. The lowest BCUT2D eigenvalue weighted by atomic mass is 9.90. The van der Waals surface area contributed by atoms with Crippen LogP contribution in [0.25, 0.3) is 0 Å². The summed E-state index contributed by atoms with van der Waals surface area (Å²) in [5.74, 6) is -0.367. The van der Waals surface area contributed by atoms with Crippen LogP contribution in [0.5, 0.6) is 0 Å². The number of hydrogen-bond donors (Lipinski definition) is 3. The van der Waals surface area contributed by atoms with Crippen molar-refractivity contribution < 1.29 is 33.6 Å². The second-order valence-corrected chi connectivity index (χ2v) is 9.82. The third-order valence-electron chi connectivity index (χ3n) is 7.07. The molecule has 0 saturated carbocycles. The number of carbonyl (C=O) groups excluding carboxylic acids is 2. The van der Waals surface area contributed by atoms with Crippen molar-refractivity contribution in [3.63, 3.8) is 0 Å². The van der Waals surface area contributed by atoms with E-state index in [4.69, 9.17) is 18.9 Å². The average Bonchev–Trinajstić information content (AvgIpc) is 2.97. The number of ether oxygens (including phenoxy) is 4. The molecule has 0 bridgehead atoms. The maximum atomic E-state index is 12.0. The summed E-state index contributed by atoms with van der Waals surface area (Å²) in [6, 6.07) is 15.2. The first-order valence-corrected chi connectivity index (χ1v) is 13.5. The molecule has 2 fully saturated rings. The van der Waals surface area contributed by atoms with E-state index in [2.05, 4.69) is 22.5 Å². The van der Waals surface area contributed by atoms with Gasteiger partial charge in [0.1, 0.15) is 6.54 Å². The molecule has 2 aliphatic rings. The molecule has 2 aromatic rings. The van der Waals surface area contributed by atoms with Gasteiger partial charge in [-0.2, -0.15) is 0 Å². The molecule has 10 heteroatoms. The third-order valence-corrected chi connectivity index (χ3v) is 7.07. The number of carbonyl (C=O) groups is 2. The van der Waals surface area contributed by atoms with Gasteiger partial charge in [-0.15, -0.1) is 0 Å². The van der Waals surface area contributed by atoms with Gasteiger partial charge in [0.25, 0.3) is 0 Å². The Morgan fingerprint density at radius 1 is 0.974 bits per heavy atom. The van der Waals surface area contributed by atoms with Crippen molar-refractivity contribution in [2.45, 2.75) is 45.5 Å². The molecule has 212 valence electrons. The average molecular weight is 542 g/mol. The zero-order valence-corrected chi connectivity index (χ0v) is 22.6. The Kier molecular flexibility index (Phi) is 10.7. The Balaban J connectivity index is 1.41. The molecular formula is C29H39N3O7. The topological polar surface area (TPSA) is 119 Å². The van der Waals surface area contributed by atoms with Gasteiger partial charge < -0.3 is 34.7 Å². The normalized spacial score (nSPS) is 23.7. The highest BCUT2D eigenvalue weighted by atomic mass is 16.7. The van der Waals surface area contributed by atoms with Crippen LogP contribution in [0.2, 0.25) is 0 Å². The Labute approximate surface area is 229 Å². The quantitative estimate of drug-likeness (QED) is 0.393. The molecule has 4 rings (SSSR count). The molecule has 2 saturated heterocycles. The number of morpholine rings is 1. The second kappa shape index (κ2) is 14.4. The van der Waals surface area contributed by atoms with E-state index in [1.54, 1.807) is 6.92 Å². The van der Waals surface area contributed by atoms with Gasteiger partial charge in [0, 0.05) is 37.7 Å². The van der Waals surface area contributed by atoms with E-state index in [9.17, 15) is 14.7 Å². The molecule has 3 N–H and O–H groups in total. The highest BCUT2D eigenvalue weighted by molar-refractivity contribution is 5.80. The zero-order chi connectivity index (χ0) is 27.6. The Bertz CT molecular complexity index is 1060. The van der Waals surface area contributed by atoms with Crippen LogP contribution < -0.4 is 10.6 Å². The fraction of sp³-hybridized carbons (Fsp3) is 0.517. The molecule has 4 atom stereocenters. The summed E-state index contributed by atoms with van der Waals surface area (Å²) >= 11 is 0. The molecule has 39 heavy (non-hydrogen) atoms. The SMILES string of the molecule is CCOC(=O)CNC(=O)NCc1ccc(C2OC(CN3CCOCC3)C(C)C(c3ccc(CO)cc3)O2)cc1. The fourth-order valence-corrected chi connectivity index (χ4v) is 4.77. The Morgan fingerprint density at radius 2 is 1.64 bits per heavy atom. The Morgan fingerprint density at radius 3 is 2.31 bits per heavy atom. The summed E-state index contributed by atoms with van der Waals surface area (Å²) in [7, 11) is 0. The molecule has 4 unspecified atom stereocenters. The monoisotopic (exact) mass is 541 g/mol. The van der Waals surface area contributed by atoms with E-state index in [0.29, 0.717) is 6.54 Å². The van der Waals surface area contributed by atoms with Crippen molar-refractivity contribution in [2.75, 3.05) is 46.0 Å². The number of esters is 1. The van der Waals surface area contributed by atoms with Crippen molar-refractivity contribution in [3.05, 3.63) is 70.8 Å². The standard InChI is InChI=1S/C29H39N3O7/c1-3-37-26(34)17-31-29(35)30-16-21-4-10-24(11-5-21)28-38-25(18-32-12-14-36-15-13-32)20(2)27(39-28)23-8-6-22(19-33)7-9-23/h4-11,20,25,27-28,33H,3,12-19H2,1-2H3,(H2,30,31,35). The van der Waals surface area contributed by atoms with Crippen LogP contribution in [0.4, 0.5) is 4.79 Å². The van der Waals surface area contributed by atoms with Crippen LogP contribution >= 0.6 is 0 Å². The van der Waals surface area contributed by atoms with Gasteiger partial charge in [0.2, 0.25) is 0 Å². The van der Waals surface area contributed by atoms with Crippen LogP contribution in [-0.4, -0.2) is 74.1 Å². The molecule has 2 aliphatic heterocycles. The first-order valence-electron chi connectivity index (χ1n) is 13.5. The minimum Gasteiger partial charge on any atom is -0.465 e. The van der Waals surface area contributed by atoms with Crippen molar-refractivity contribution in [3.8, 4) is 0 Å². The van der Waals surface area contributed by atoms with Gasteiger partial charge in [-0.25, -0.2) is 4.79 Å². The third kappa shape index (κ3) is 8.23. The van der Waals surface area contributed by atoms with E-state index in [-0.39, 0.29) is 37.9 Å². The van der Waals surface area contributed by atoms with Gasteiger partial charge >= 0.3 is 12.0 Å². The number of aliphatic hydroxyl groups excluding tert-OH is 1. The predicted molar refractivity (Wildman–Crippen MR) is 144 cm³/mol. The highest BCUT2D eigenvalue weighted by Gasteiger charge is 2.39. The largest absolute Gasteiger partial charge is 0.465 e. The lowest BCUT2D eigenvalue weighted by molar-refractivity contribution is -0.277. The molecule has 0 aromatic heterocycles. The zero-order valence-electron chi connectivity index (χ0n) is 22.6. The minimum absolute atomic E-state index is 0.00100. The second-order valence-electron chi connectivity index (χ2n) is 9.82. The number of urea groups is 1. The Hall–Kier alpha value is -3.02. The van der Waals surface area contributed by atoms with E-state index >= 15 is 0 Å². The van der Waals surface area contributed by atoms with Crippen LogP contribution in [0.15, 0.2) is 48.5 Å². The first kappa shape index (κ1) is 29.0. The minimum atomic E-state index is -0.551. The van der Waals surface area contributed by atoms with Crippen molar-refractivity contribution in [2.24, 2.45) is 5.92 Å². The molecular weight excluding hydrogens is 502 g/mol. The number of rotatable bonds is 10. The van der Waals surface area contributed by atoms with Gasteiger partial charge in [-0.1, -0.05) is 55.5 Å². The van der Waals surface area contributed by atoms with Crippen LogP contribution in [-0.2, 0) is 36.9 Å². The number of nitrogens with one attached hydrogen (secondary N) is 2. The van der Waals surface area contributed by atoms with Gasteiger partial charge in [-0.3, -0.25) is 9.69 Å².